The number of benzene rings is 2. The highest BCUT2D eigenvalue weighted by Crippen LogP contribution is 2.24. The fourth-order valence-corrected chi connectivity index (χ4v) is 4.86. The van der Waals surface area contributed by atoms with E-state index < -0.39 is 10.0 Å². The zero-order valence-corrected chi connectivity index (χ0v) is 17.4. The van der Waals surface area contributed by atoms with Crippen LogP contribution in [0.5, 0.6) is 5.75 Å². The zero-order valence-electron chi connectivity index (χ0n) is 16.6. The van der Waals surface area contributed by atoms with Crippen LogP contribution in [0.2, 0.25) is 0 Å². The summed E-state index contributed by atoms with van der Waals surface area (Å²) in [6.07, 6.45) is 3.16. The molecule has 0 amide bonds. The molecule has 1 atom stereocenters. The van der Waals surface area contributed by atoms with Gasteiger partial charge in [0.1, 0.15) is 12.1 Å². The number of nitrogens with zero attached hydrogens (tertiary/aromatic N) is 5. The number of aromatic nitrogens is 4. The summed E-state index contributed by atoms with van der Waals surface area (Å²) in [5.74, 6) is 0.727. The third-order valence-corrected chi connectivity index (χ3v) is 6.86. The Balaban J connectivity index is 1.60. The molecule has 0 radical (unpaired) electrons. The molecule has 0 aliphatic carbocycles. The van der Waals surface area contributed by atoms with Crippen LogP contribution in [0.4, 0.5) is 0 Å². The van der Waals surface area contributed by atoms with E-state index >= 15 is 0 Å². The standard InChI is InChI=1S/C20H23N5O4S/c1-28-18-8-4-16(5-9-18)13-24(14-19-3-2-12-29-19)30(26,27)20-10-6-17(7-11-20)25-15-21-22-23-25/h4-11,15,19H,2-3,12-14H2,1H3. The average molecular weight is 430 g/mol. The molecule has 1 saturated heterocycles. The van der Waals surface area contributed by atoms with Crippen LogP contribution in [0, 0.1) is 0 Å². The largest absolute Gasteiger partial charge is 0.497 e. The number of sulfonamides is 1. The molecule has 1 fully saturated rings. The maximum absolute atomic E-state index is 13.4. The summed E-state index contributed by atoms with van der Waals surface area (Å²) in [7, 11) is -2.13. The van der Waals surface area contributed by atoms with Gasteiger partial charge in [-0.05, 0) is 65.2 Å². The minimum Gasteiger partial charge on any atom is -0.497 e. The molecule has 3 aromatic rings. The van der Waals surface area contributed by atoms with Crippen molar-refractivity contribution in [2.45, 2.75) is 30.4 Å². The van der Waals surface area contributed by atoms with Crippen LogP contribution in [0.1, 0.15) is 18.4 Å². The first-order valence-electron chi connectivity index (χ1n) is 9.64. The predicted molar refractivity (Wildman–Crippen MR) is 109 cm³/mol. The van der Waals surface area contributed by atoms with Gasteiger partial charge in [-0.25, -0.2) is 13.1 Å². The van der Waals surface area contributed by atoms with Crippen molar-refractivity contribution in [3.8, 4) is 11.4 Å². The summed E-state index contributed by atoms with van der Waals surface area (Å²) in [6, 6.07) is 13.9. The van der Waals surface area contributed by atoms with Crippen LogP contribution in [-0.4, -0.2) is 59.3 Å². The third kappa shape index (κ3) is 4.50. The minimum atomic E-state index is -3.73. The summed E-state index contributed by atoms with van der Waals surface area (Å²) in [6.45, 7) is 1.23. The molecule has 9 nitrogen and oxygen atoms in total. The van der Waals surface area contributed by atoms with Crippen molar-refractivity contribution >= 4 is 10.0 Å². The van der Waals surface area contributed by atoms with Crippen LogP contribution in [0.15, 0.2) is 59.8 Å². The second-order valence-electron chi connectivity index (χ2n) is 7.03. The molecule has 1 aliphatic heterocycles. The van der Waals surface area contributed by atoms with Crippen molar-refractivity contribution in [2.24, 2.45) is 0 Å². The minimum absolute atomic E-state index is 0.0986. The second kappa shape index (κ2) is 8.90. The molecule has 1 unspecified atom stereocenters. The van der Waals surface area contributed by atoms with Gasteiger partial charge in [0.2, 0.25) is 10.0 Å². The molecule has 10 heteroatoms. The molecule has 0 bridgehead atoms. The van der Waals surface area contributed by atoms with E-state index in [2.05, 4.69) is 15.5 Å². The van der Waals surface area contributed by atoms with Gasteiger partial charge >= 0.3 is 0 Å². The average Bonchev–Trinajstić information content (AvgIpc) is 3.48. The van der Waals surface area contributed by atoms with E-state index in [0.717, 1.165) is 24.2 Å². The number of ether oxygens (including phenoxy) is 2. The highest BCUT2D eigenvalue weighted by molar-refractivity contribution is 7.89. The van der Waals surface area contributed by atoms with Gasteiger partial charge in [0.05, 0.1) is 23.8 Å². The van der Waals surface area contributed by atoms with Gasteiger partial charge < -0.3 is 9.47 Å². The fourth-order valence-electron chi connectivity index (χ4n) is 3.40. The third-order valence-electron chi connectivity index (χ3n) is 5.04. The maximum atomic E-state index is 13.4. The summed E-state index contributed by atoms with van der Waals surface area (Å²) < 4.78 is 40.7. The Morgan fingerprint density at radius 3 is 2.53 bits per heavy atom. The molecule has 2 heterocycles. The van der Waals surface area contributed by atoms with Crippen molar-refractivity contribution in [1.82, 2.24) is 24.5 Å². The first kappa shape index (κ1) is 20.5. The normalized spacial score (nSPS) is 16.8. The van der Waals surface area contributed by atoms with Crippen LogP contribution < -0.4 is 4.74 Å². The number of hydrogen-bond acceptors (Lipinski definition) is 7. The van der Waals surface area contributed by atoms with Gasteiger partial charge in [-0.1, -0.05) is 12.1 Å². The predicted octanol–water partition coefficient (Wildman–Crippen LogP) is 2.04. The molecule has 0 saturated carbocycles. The molecule has 1 aliphatic rings. The monoisotopic (exact) mass is 429 g/mol. The number of rotatable bonds is 8. The van der Waals surface area contributed by atoms with Gasteiger partial charge in [0.15, 0.2) is 0 Å². The molecular weight excluding hydrogens is 406 g/mol. The summed E-state index contributed by atoms with van der Waals surface area (Å²) in [5, 5.41) is 11.0. The van der Waals surface area contributed by atoms with Crippen molar-refractivity contribution in [1.29, 1.82) is 0 Å². The van der Waals surface area contributed by atoms with Gasteiger partial charge in [-0.2, -0.15) is 4.31 Å². The first-order valence-corrected chi connectivity index (χ1v) is 11.1. The Bertz CT molecular complexity index is 1050. The van der Waals surface area contributed by atoms with Crippen molar-refractivity contribution in [3.05, 3.63) is 60.4 Å². The smallest absolute Gasteiger partial charge is 0.243 e. The Labute approximate surface area is 175 Å². The lowest BCUT2D eigenvalue weighted by molar-refractivity contribution is 0.0926. The highest BCUT2D eigenvalue weighted by atomic mass is 32.2. The quantitative estimate of drug-likeness (QED) is 0.540. The fraction of sp³-hybridized carbons (Fsp3) is 0.350. The summed E-state index contributed by atoms with van der Waals surface area (Å²) in [5.41, 5.74) is 1.56. The van der Waals surface area contributed by atoms with Crippen molar-refractivity contribution in [3.63, 3.8) is 0 Å². The molecular formula is C20H23N5O4S. The number of tetrazole rings is 1. The highest BCUT2D eigenvalue weighted by Gasteiger charge is 2.29. The van der Waals surface area contributed by atoms with Crippen molar-refractivity contribution < 1.29 is 17.9 Å². The van der Waals surface area contributed by atoms with Crippen molar-refractivity contribution in [2.75, 3.05) is 20.3 Å². The molecule has 30 heavy (non-hydrogen) atoms. The molecule has 4 rings (SSSR count). The second-order valence-corrected chi connectivity index (χ2v) is 8.97. The van der Waals surface area contributed by atoms with E-state index in [0.29, 0.717) is 18.8 Å². The zero-order chi connectivity index (χ0) is 21.0. The van der Waals surface area contributed by atoms with E-state index in [9.17, 15) is 8.42 Å². The molecule has 2 aromatic carbocycles. The summed E-state index contributed by atoms with van der Waals surface area (Å²) in [4.78, 5) is 0.214. The lowest BCUT2D eigenvalue weighted by Gasteiger charge is -2.25. The van der Waals surface area contributed by atoms with Gasteiger partial charge in [-0.3, -0.25) is 0 Å². The van der Waals surface area contributed by atoms with Gasteiger partial charge in [0, 0.05) is 19.7 Å². The molecule has 1 aromatic heterocycles. The van der Waals surface area contributed by atoms with E-state index in [4.69, 9.17) is 9.47 Å². The van der Waals surface area contributed by atoms with Crippen LogP contribution in [0.25, 0.3) is 5.69 Å². The Morgan fingerprint density at radius 1 is 1.17 bits per heavy atom. The molecule has 0 N–H and O–H groups in total. The summed E-state index contributed by atoms with van der Waals surface area (Å²) >= 11 is 0. The first-order chi connectivity index (χ1) is 14.6. The van der Waals surface area contributed by atoms with Gasteiger partial charge in [-0.15, -0.1) is 5.10 Å². The van der Waals surface area contributed by atoms with E-state index in [1.807, 2.05) is 24.3 Å². The molecule has 0 spiro atoms. The Kier molecular flexibility index (Phi) is 6.07. The number of methoxy groups -OCH3 is 1. The topological polar surface area (TPSA) is 99.4 Å². The van der Waals surface area contributed by atoms with Gasteiger partial charge in [0.25, 0.3) is 0 Å². The van der Waals surface area contributed by atoms with Crippen LogP contribution in [-0.2, 0) is 21.3 Å². The maximum Gasteiger partial charge on any atom is 0.243 e. The van der Waals surface area contributed by atoms with E-state index in [-0.39, 0.29) is 17.5 Å². The van der Waals surface area contributed by atoms with Crippen LogP contribution in [0.3, 0.4) is 0 Å². The SMILES string of the molecule is COc1ccc(CN(CC2CCCO2)S(=O)(=O)c2ccc(-n3cnnn3)cc2)cc1. The van der Waals surface area contributed by atoms with E-state index in [1.54, 1.807) is 31.4 Å². The lowest BCUT2D eigenvalue weighted by atomic mass is 10.2. The molecule has 158 valence electrons. The number of hydrogen-bond donors (Lipinski definition) is 0. The van der Waals surface area contributed by atoms with Crippen LogP contribution >= 0.6 is 0 Å². The Hall–Kier alpha value is -2.82. The Morgan fingerprint density at radius 2 is 1.93 bits per heavy atom. The lowest BCUT2D eigenvalue weighted by Crippen LogP contribution is -2.37. The van der Waals surface area contributed by atoms with E-state index in [1.165, 1.54) is 15.3 Å².